The van der Waals surface area contributed by atoms with Gasteiger partial charge in [0.2, 0.25) is 0 Å². The lowest BCUT2D eigenvalue weighted by Gasteiger charge is -2.02. The monoisotopic (exact) mass is 218 g/mol. The molecule has 1 aromatic carbocycles. The zero-order valence-electron chi connectivity index (χ0n) is 9.60. The SMILES string of the molecule is COc1ccccc1-c1nc(C(C)C)no1. The van der Waals surface area contributed by atoms with E-state index in [1.165, 1.54) is 0 Å². The second-order valence-corrected chi connectivity index (χ2v) is 3.81. The molecule has 0 amide bonds. The quantitative estimate of drug-likeness (QED) is 0.794. The lowest BCUT2D eigenvalue weighted by molar-refractivity contribution is 0.401. The molecule has 0 saturated heterocycles. The summed E-state index contributed by atoms with van der Waals surface area (Å²) in [6, 6.07) is 7.59. The fraction of sp³-hybridized carbons (Fsp3) is 0.333. The topological polar surface area (TPSA) is 48.2 Å². The summed E-state index contributed by atoms with van der Waals surface area (Å²) >= 11 is 0. The highest BCUT2D eigenvalue weighted by molar-refractivity contribution is 5.62. The Morgan fingerprint density at radius 2 is 2.00 bits per heavy atom. The summed E-state index contributed by atoms with van der Waals surface area (Å²) in [6.07, 6.45) is 0. The van der Waals surface area contributed by atoms with Gasteiger partial charge in [0.25, 0.3) is 5.89 Å². The molecule has 1 aromatic heterocycles. The Balaban J connectivity index is 2.42. The summed E-state index contributed by atoms with van der Waals surface area (Å²) in [5.74, 6) is 2.20. The van der Waals surface area contributed by atoms with Crippen molar-refractivity contribution in [2.24, 2.45) is 0 Å². The molecule has 0 aliphatic heterocycles. The maximum Gasteiger partial charge on any atom is 0.261 e. The van der Waals surface area contributed by atoms with Crippen LogP contribution in [0.2, 0.25) is 0 Å². The van der Waals surface area contributed by atoms with Crippen LogP contribution in [0.3, 0.4) is 0 Å². The molecule has 16 heavy (non-hydrogen) atoms. The second kappa shape index (κ2) is 4.35. The van der Waals surface area contributed by atoms with Crippen molar-refractivity contribution < 1.29 is 9.26 Å². The average Bonchev–Trinajstić information content (AvgIpc) is 2.78. The predicted octanol–water partition coefficient (Wildman–Crippen LogP) is 2.87. The maximum absolute atomic E-state index is 5.24. The van der Waals surface area contributed by atoms with Gasteiger partial charge in [-0.1, -0.05) is 31.1 Å². The van der Waals surface area contributed by atoms with Crippen LogP contribution in [0.5, 0.6) is 5.75 Å². The summed E-state index contributed by atoms with van der Waals surface area (Å²) < 4.78 is 10.5. The molecule has 4 heteroatoms. The standard InChI is InChI=1S/C12H14N2O2/c1-8(2)11-13-12(16-14-11)9-6-4-5-7-10(9)15-3/h4-8H,1-3H3. The Morgan fingerprint density at radius 1 is 1.25 bits per heavy atom. The van der Waals surface area contributed by atoms with E-state index in [0.29, 0.717) is 11.7 Å². The summed E-state index contributed by atoms with van der Waals surface area (Å²) in [5, 5.41) is 3.93. The minimum absolute atomic E-state index is 0.257. The lowest BCUT2D eigenvalue weighted by Crippen LogP contribution is -1.90. The third kappa shape index (κ3) is 1.91. The molecule has 0 spiro atoms. The highest BCUT2D eigenvalue weighted by Crippen LogP contribution is 2.28. The van der Waals surface area contributed by atoms with E-state index in [0.717, 1.165) is 11.3 Å². The Bertz CT molecular complexity index is 477. The van der Waals surface area contributed by atoms with Crippen LogP contribution in [0.4, 0.5) is 0 Å². The number of nitrogens with zero attached hydrogens (tertiary/aromatic N) is 2. The van der Waals surface area contributed by atoms with Crippen molar-refractivity contribution in [1.82, 2.24) is 10.1 Å². The molecule has 0 atom stereocenters. The van der Waals surface area contributed by atoms with Crippen LogP contribution in [0, 0.1) is 0 Å². The highest BCUT2D eigenvalue weighted by atomic mass is 16.5. The lowest BCUT2D eigenvalue weighted by atomic mass is 10.2. The van der Waals surface area contributed by atoms with E-state index in [9.17, 15) is 0 Å². The Morgan fingerprint density at radius 3 is 2.62 bits per heavy atom. The third-order valence-corrected chi connectivity index (χ3v) is 2.30. The van der Waals surface area contributed by atoms with E-state index in [-0.39, 0.29) is 5.92 Å². The molecule has 0 N–H and O–H groups in total. The van der Waals surface area contributed by atoms with Crippen molar-refractivity contribution in [2.45, 2.75) is 19.8 Å². The Labute approximate surface area is 94.2 Å². The van der Waals surface area contributed by atoms with E-state index in [2.05, 4.69) is 10.1 Å². The second-order valence-electron chi connectivity index (χ2n) is 3.81. The van der Waals surface area contributed by atoms with Gasteiger partial charge in [0.05, 0.1) is 12.7 Å². The van der Waals surface area contributed by atoms with Gasteiger partial charge in [0.1, 0.15) is 5.75 Å². The number of hydrogen-bond donors (Lipinski definition) is 0. The number of methoxy groups -OCH3 is 1. The molecule has 4 nitrogen and oxygen atoms in total. The molecule has 0 fully saturated rings. The number of hydrogen-bond acceptors (Lipinski definition) is 4. The number of aromatic nitrogens is 2. The molecule has 0 aliphatic rings. The molecular weight excluding hydrogens is 204 g/mol. The van der Waals surface area contributed by atoms with Gasteiger partial charge in [-0.15, -0.1) is 0 Å². The number of rotatable bonds is 3. The fourth-order valence-corrected chi connectivity index (χ4v) is 1.40. The number of para-hydroxylation sites is 1. The van der Waals surface area contributed by atoms with E-state index in [4.69, 9.17) is 9.26 Å². The molecule has 0 unspecified atom stereocenters. The van der Waals surface area contributed by atoms with Gasteiger partial charge < -0.3 is 9.26 Å². The molecule has 0 radical (unpaired) electrons. The number of ether oxygens (including phenoxy) is 1. The summed E-state index contributed by atoms with van der Waals surface area (Å²) in [7, 11) is 1.62. The first-order chi connectivity index (χ1) is 7.72. The van der Waals surface area contributed by atoms with Gasteiger partial charge in [-0.2, -0.15) is 4.98 Å². The van der Waals surface area contributed by atoms with Crippen molar-refractivity contribution in [2.75, 3.05) is 7.11 Å². The van der Waals surface area contributed by atoms with Crippen LogP contribution in [0.15, 0.2) is 28.8 Å². The first kappa shape index (κ1) is 10.7. The third-order valence-electron chi connectivity index (χ3n) is 2.30. The molecule has 0 saturated carbocycles. The van der Waals surface area contributed by atoms with Gasteiger partial charge in [0, 0.05) is 5.92 Å². The smallest absolute Gasteiger partial charge is 0.261 e. The van der Waals surface area contributed by atoms with Crippen molar-refractivity contribution in [1.29, 1.82) is 0 Å². The van der Waals surface area contributed by atoms with Crippen molar-refractivity contribution in [3.05, 3.63) is 30.1 Å². The Kier molecular flexibility index (Phi) is 2.90. The zero-order chi connectivity index (χ0) is 11.5. The van der Waals surface area contributed by atoms with E-state index < -0.39 is 0 Å². The molecule has 84 valence electrons. The highest BCUT2D eigenvalue weighted by Gasteiger charge is 2.14. The first-order valence-electron chi connectivity index (χ1n) is 5.19. The average molecular weight is 218 g/mol. The van der Waals surface area contributed by atoms with Gasteiger partial charge in [-0.25, -0.2) is 0 Å². The van der Waals surface area contributed by atoms with Gasteiger partial charge >= 0.3 is 0 Å². The largest absolute Gasteiger partial charge is 0.496 e. The normalized spacial score (nSPS) is 10.8. The van der Waals surface area contributed by atoms with Crippen molar-refractivity contribution in [3.8, 4) is 17.2 Å². The van der Waals surface area contributed by atoms with Crippen LogP contribution in [0.25, 0.3) is 11.5 Å². The van der Waals surface area contributed by atoms with Crippen LogP contribution in [-0.2, 0) is 0 Å². The van der Waals surface area contributed by atoms with Gasteiger partial charge in [-0.3, -0.25) is 0 Å². The summed E-state index contributed by atoms with van der Waals surface area (Å²) in [4.78, 5) is 4.33. The van der Waals surface area contributed by atoms with E-state index >= 15 is 0 Å². The first-order valence-corrected chi connectivity index (χ1v) is 5.19. The van der Waals surface area contributed by atoms with Crippen molar-refractivity contribution in [3.63, 3.8) is 0 Å². The molecular formula is C12H14N2O2. The molecule has 1 heterocycles. The minimum Gasteiger partial charge on any atom is -0.496 e. The van der Waals surface area contributed by atoms with Gasteiger partial charge in [-0.05, 0) is 12.1 Å². The minimum atomic E-state index is 0.257. The molecule has 2 aromatic rings. The van der Waals surface area contributed by atoms with Crippen LogP contribution >= 0.6 is 0 Å². The van der Waals surface area contributed by atoms with Crippen LogP contribution < -0.4 is 4.74 Å². The van der Waals surface area contributed by atoms with E-state index in [1.54, 1.807) is 7.11 Å². The molecule has 0 aliphatic carbocycles. The van der Waals surface area contributed by atoms with Crippen LogP contribution in [-0.4, -0.2) is 17.3 Å². The molecule has 0 bridgehead atoms. The predicted molar refractivity (Wildman–Crippen MR) is 60.4 cm³/mol. The number of benzene rings is 1. The summed E-state index contributed by atoms with van der Waals surface area (Å²) in [6.45, 7) is 4.05. The zero-order valence-corrected chi connectivity index (χ0v) is 9.60. The summed E-state index contributed by atoms with van der Waals surface area (Å²) in [5.41, 5.74) is 0.824. The van der Waals surface area contributed by atoms with Crippen LogP contribution in [0.1, 0.15) is 25.6 Å². The fourth-order valence-electron chi connectivity index (χ4n) is 1.40. The van der Waals surface area contributed by atoms with Crippen molar-refractivity contribution >= 4 is 0 Å². The Hall–Kier alpha value is -1.84. The van der Waals surface area contributed by atoms with E-state index in [1.807, 2.05) is 38.1 Å². The van der Waals surface area contributed by atoms with Gasteiger partial charge in [0.15, 0.2) is 5.82 Å². The maximum atomic E-state index is 5.24. The molecule has 2 rings (SSSR count).